The lowest BCUT2D eigenvalue weighted by Crippen LogP contribution is -2.38. The van der Waals surface area contributed by atoms with Crippen LogP contribution in [0, 0.1) is 35.0 Å². The Bertz CT molecular complexity index is 716. The van der Waals surface area contributed by atoms with Crippen molar-refractivity contribution in [2.75, 3.05) is 0 Å². The molecular formula is C31H52O2. The molecular weight excluding hydrogens is 404 g/mol. The molecule has 0 aromatic heterocycles. The van der Waals surface area contributed by atoms with Crippen molar-refractivity contribution >= 4 is 0 Å². The minimum Gasteiger partial charge on any atom is -0.392 e. The van der Waals surface area contributed by atoms with Crippen LogP contribution in [0.25, 0.3) is 0 Å². The van der Waals surface area contributed by atoms with Crippen molar-refractivity contribution in [2.24, 2.45) is 35.0 Å². The first-order valence-electron chi connectivity index (χ1n) is 14.1. The molecule has 0 amide bonds. The molecule has 7 atom stereocenters. The highest BCUT2D eigenvalue weighted by molar-refractivity contribution is 5.39. The van der Waals surface area contributed by atoms with Crippen molar-refractivity contribution in [3.05, 3.63) is 35.5 Å². The van der Waals surface area contributed by atoms with E-state index in [9.17, 15) is 10.2 Å². The highest BCUT2D eigenvalue weighted by Crippen LogP contribution is 2.60. The second kappa shape index (κ2) is 11.7. The van der Waals surface area contributed by atoms with E-state index in [2.05, 4.69) is 53.3 Å². The Morgan fingerprint density at radius 3 is 2.55 bits per heavy atom. The molecule has 0 aliphatic heterocycles. The maximum atomic E-state index is 10.8. The molecule has 2 N–H and O–H groups in total. The first-order chi connectivity index (χ1) is 15.7. The van der Waals surface area contributed by atoms with Gasteiger partial charge in [0, 0.05) is 5.92 Å². The van der Waals surface area contributed by atoms with Crippen molar-refractivity contribution in [3.8, 4) is 0 Å². The fourth-order valence-corrected chi connectivity index (χ4v) is 7.60. The van der Waals surface area contributed by atoms with Gasteiger partial charge in [0.15, 0.2) is 0 Å². The number of aliphatic hydroxyl groups excluding tert-OH is 2. The monoisotopic (exact) mass is 456 g/mol. The van der Waals surface area contributed by atoms with E-state index in [1.807, 2.05) is 0 Å². The number of hydrogen-bond acceptors (Lipinski definition) is 2. The fourth-order valence-electron chi connectivity index (χ4n) is 7.60. The van der Waals surface area contributed by atoms with Crippen LogP contribution in [0.2, 0.25) is 0 Å². The Labute approximate surface area is 204 Å². The number of fused-ring (bicyclic) bond motifs is 1. The highest BCUT2D eigenvalue weighted by Gasteiger charge is 2.50. The summed E-state index contributed by atoms with van der Waals surface area (Å²) in [4.78, 5) is 0. The van der Waals surface area contributed by atoms with Gasteiger partial charge in [-0.05, 0) is 85.2 Å². The Morgan fingerprint density at radius 1 is 1.09 bits per heavy atom. The molecule has 0 bridgehead atoms. The molecule has 3 fully saturated rings. The maximum absolute atomic E-state index is 10.8. The third-order valence-electron chi connectivity index (χ3n) is 9.65. The number of aliphatic hydroxyl groups is 2. The molecule has 0 radical (unpaired) electrons. The van der Waals surface area contributed by atoms with Gasteiger partial charge in [0.2, 0.25) is 0 Å². The van der Waals surface area contributed by atoms with Crippen LogP contribution in [-0.4, -0.2) is 22.4 Å². The van der Waals surface area contributed by atoms with Crippen LogP contribution in [0.4, 0.5) is 0 Å². The topological polar surface area (TPSA) is 40.5 Å². The number of hydrogen-bond donors (Lipinski definition) is 2. The van der Waals surface area contributed by atoms with E-state index in [0.29, 0.717) is 17.8 Å². The summed E-state index contributed by atoms with van der Waals surface area (Å²) in [6.07, 6.45) is 17.8. The first kappa shape index (κ1) is 26.7. The highest BCUT2D eigenvalue weighted by atomic mass is 16.3. The predicted octanol–water partition coefficient (Wildman–Crippen LogP) is 8.01. The van der Waals surface area contributed by atoms with Crippen LogP contribution >= 0.6 is 0 Å². The lowest BCUT2D eigenvalue weighted by atomic mass is 9.60. The van der Waals surface area contributed by atoms with E-state index in [-0.39, 0.29) is 5.92 Å². The summed E-state index contributed by atoms with van der Waals surface area (Å²) < 4.78 is 0. The molecule has 0 spiro atoms. The van der Waals surface area contributed by atoms with Gasteiger partial charge in [0.25, 0.3) is 0 Å². The normalized spacial score (nSPS) is 38.3. The molecule has 3 rings (SSSR count). The summed E-state index contributed by atoms with van der Waals surface area (Å²) in [5.74, 6) is 3.12. The van der Waals surface area contributed by atoms with Crippen molar-refractivity contribution < 1.29 is 10.2 Å². The zero-order valence-electron chi connectivity index (χ0n) is 22.3. The molecule has 2 nitrogen and oxygen atoms in total. The van der Waals surface area contributed by atoms with Crippen molar-refractivity contribution in [3.63, 3.8) is 0 Å². The van der Waals surface area contributed by atoms with E-state index < -0.39 is 12.2 Å². The van der Waals surface area contributed by atoms with Crippen LogP contribution in [0.15, 0.2) is 35.5 Å². The van der Waals surface area contributed by atoms with Gasteiger partial charge in [-0.15, -0.1) is 0 Å². The predicted molar refractivity (Wildman–Crippen MR) is 141 cm³/mol. The summed E-state index contributed by atoms with van der Waals surface area (Å²) in [7, 11) is 0. The molecule has 0 saturated heterocycles. The number of allylic oxidation sites excluding steroid dienone is 3. The molecule has 0 aromatic rings. The van der Waals surface area contributed by atoms with Gasteiger partial charge >= 0.3 is 0 Å². The molecule has 0 unspecified atom stereocenters. The smallest absolute Gasteiger partial charge is 0.0839 e. The van der Waals surface area contributed by atoms with E-state index >= 15 is 0 Å². The fraction of sp³-hybridized carbons (Fsp3) is 0.806. The third kappa shape index (κ3) is 6.04. The summed E-state index contributed by atoms with van der Waals surface area (Å²) in [6.45, 7) is 16.2. The van der Waals surface area contributed by atoms with Crippen molar-refractivity contribution in [2.45, 2.75) is 124 Å². The van der Waals surface area contributed by atoms with Crippen molar-refractivity contribution in [1.29, 1.82) is 0 Å². The molecule has 2 heteroatoms. The van der Waals surface area contributed by atoms with Gasteiger partial charge in [0.1, 0.15) is 0 Å². The van der Waals surface area contributed by atoms with Crippen LogP contribution in [-0.2, 0) is 0 Å². The summed E-state index contributed by atoms with van der Waals surface area (Å²) in [5.41, 5.74) is 3.94. The molecule has 0 heterocycles. The molecule has 3 saturated carbocycles. The van der Waals surface area contributed by atoms with Gasteiger partial charge in [0.05, 0.1) is 12.2 Å². The lowest BCUT2D eigenvalue weighted by molar-refractivity contribution is 0.0131. The Kier molecular flexibility index (Phi) is 9.49. The lowest BCUT2D eigenvalue weighted by Gasteiger charge is -2.44. The van der Waals surface area contributed by atoms with Crippen LogP contribution in [0.3, 0.4) is 0 Å². The maximum Gasteiger partial charge on any atom is 0.0839 e. The second-order valence-electron chi connectivity index (χ2n) is 12.4. The quantitative estimate of drug-likeness (QED) is 0.369. The largest absolute Gasteiger partial charge is 0.392 e. The SMILES string of the molecule is C=C1/C(=C\C=C2/CCC[C@]3(C)[C@@H]([C@H](C)CCCC(C)C)CC[C@@H]23)C[C@@H](O)[C@H](CCCC)[C@@H]1O. The van der Waals surface area contributed by atoms with Crippen LogP contribution in [0.5, 0.6) is 0 Å². The van der Waals surface area contributed by atoms with E-state index in [1.54, 1.807) is 5.57 Å². The van der Waals surface area contributed by atoms with Crippen LogP contribution < -0.4 is 0 Å². The zero-order valence-corrected chi connectivity index (χ0v) is 22.3. The van der Waals surface area contributed by atoms with Gasteiger partial charge in [-0.3, -0.25) is 0 Å². The van der Waals surface area contributed by atoms with E-state index in [4.69, 9.17) is 0 Å². The summed E-state index contributed by atoms with van der Waals surface area (Å²) >= 11 is 0. The minimum atomic E-state index is -0.607. The molecule has 0 aromatic carbocycles. The minimum absolute atomic E-state index is 0.0620. The van der Waals surface area contributed by atoms with Crippen LogP contribution in [0.1, 0.15) is 112 Å². The van der Waals surface area contributed by atoms with E-state index in [1.165, 1.54) is 51.4 Å². The van der Waals surface area contributed by atoms with Gasteiger partial charge < -0.3 is 10.2 Å². The van der Waals surface area contributed by atoms with Gasteiger partial charge in [-0.2, -0.15) is 0 Å². The zero-order chi connectivity index (χ0) is 24.2. The Balaban J connectivity index is 1.70. The summed E-state index contributed by atoms with van der Waals surface area (Å²) in [6, 6.07) is 0. The first-order valence-corrected chi connectivity index (χ1v) is 14.1. The molecule has 3 aliphatic carbocycles. The van der Waals surface area contributed by atoms with Gasteiger partial charge in [-0.1, -0.05) is 91.0 Å². The molecule has 188 valence electrons. The third-order valence-corrected chi connectivity index (χ3v) is 9.65. The Morgan fingerprint density at radius 2 is 1.85 bits per heavy atom. The average Bonchev–Trinajstić information content (AvgIpc) is 3.12. The molecule has 3 aliphatic rings. The Hall–Kier alpha value is -0.860. The molecule has 33 heavy (non-hydrogen) atoms. The standard InChI is InChI=1S/C31H52O2/c1-7-8-14-26-29(32)20-25(23(5)30(26)33)16-15-24-13-10-19-31(6)27(17-18-28(24)31)22(4)12-9-11-21(2)3/h15-16,21-22,26-30,32-33H,5,7-14,17-20H2,1-4,6H3/b24-15+,25-16-/t22-,26+,27-,28+,29-,30-,31-/m1/s1. The van der Waals surface area contributed by atoms with E-state index in [0.717, 1.165) is 48.2 Å². The average molecular weight is 457 g/mol. The second-order valence-corrected chi connectivity index (χ2v) is 12.4. The summed E-state index contributed by atoms with van der Waals surface area (Å²) in [5, 5.41) is 21.5. The number of unbranched alkanes of at least 4 members (excludes halogenated alkanes) is 1. The van der Waals surface area contributed by atoms with Crippen molar-refractivity contribution in [1.82, 2.24) is 0 Å². The number of rotatable bonds is 9. The van der Waals surface area contributed by atoms with Gasteiger partial charge in [-0.25, -0.2) is 0 Å².